The highest BCUT2D eigenvalue weighted by atomic mass is 32.1. The third kappa shape index (κ3) is 3.34. The van der Waals surface area contributed by atoms with Gasteiger partial charge in [0.05, 0.1) is 22.0 Å². The van der Waals surface area contributed by atoms with Gasteiger partial charge >= 0.3 is 0 Å². The molecule has 0 amide bonds. The fourth-order valence-corrected chi connectivity index (χ4v) is 4.47. The molecule has 0 atom stereocenters. The van der Waals surface area contributed by atoms with Crippen molar-refractivity contribution in [2.24, 2.45) is 0 Å². The third-order valence-corrected chi connectivity index (χ3v) is 6.02. The first-order valence-corrected chi connectivity index (χ1v) is 10.2. The lowest BCUT2D eigenvalue weighted by atomic mass is 9.90. The Morgan fingerprint density at radius 1 is 1.15 bits per heavy atom. The van der Waals surface area contributed by atoms with Gasteiger partial charge in [-0.05, 0) is 61.9 Å². The van der Waals surface area contributed by atoms with Crippen molar-refractivity contribution in [1.82, 2.24) is 15.0 Å². The van der Waals surface area contributed by atoms with E-state index in [1.807, 2.05) is 12.3 Å². The van der Waals surface area contributed by atoms with Gasteiger partial charge in [-0.1, -0.05) is 25.5 Å². The Morgan fingerprint density at radius 3 is 2.88 bits per heavy atom. The van der Waals surface area contributed by atoms with Gasteiger partial charge in [0.25, 0.3) is 0 Å². The van der Waals surface area contributed by atoms with Gasteiger partial charge in [-0.3, -0.25) is 4.98 Å². The first kappa shape index (κ1) is 17.1. The Balaban J connectivity index is 1.74. The first-order valence-electron chi connectivity index (χ1n) is 9.33. The Labute approximate surface area is 158 Å². The van der Waals surface area contributed by atoms with E-state index in [2.05, 4.69) is 43.1 Å². The van der Waals surface area contributed by atoms with Crippen LogP contribution in [0.1, 0.15) is 49.6 Å². The predicted octanol–water partition coefficient (Wildman–Crippen LogP) is 6.10. The maximum atomic E-state index is 5.07. The topological polar surface area (TPSA) is 38.7 Å². The molecule has 3 heterocycles. The van der Waals surface area contributed by atoms with Crippen molar-refractivity contribution in [3.05, 3.63) is 59.7 Å². The lowest BCUT2D eigenvalue weighted by Gasteiger charge is -2.19. The van der Waals surface area contributed by atoms with Crippen LogP contribution < -0.4 is 0 Å². The van der Waals surface area contributed by atoms with Gasteiger partial charge < -0.3 is 0 Å². The fourth-order valence-electron chi connectivity index (χ4n) is 3.45. The summed E-state index contributed by atoms with van der Waals surface area (Å²) in [5, 5.41) is 1.01. The van der Waals surface area contributed by atoms with Gasteiger partial charge in [0, 0.05) is 18.0 Å². The number of aromatic nitrogens is 3. The van der Waals surface area contributed by atoms with E-state index in [9.17, 15) is 0 Å². The standard InChI is InChI=1S/C22H23N3S/c1-3-4-7-16-8-5-9-17-11-12-19(25-20(16)17)21-15(2)24-22(26-21)18-10-6-13-23-14-18/h6-7,10-14H,3-5,8-9H2,1-2H3/b16-7+. The zero-order chi connectivity index (χ0) is 17.9. The number of pyridine rings is 2. The molecule has 3 aromatic heterocycles. The largest absolute Gasteiger partial charge is 0.264 e. The average Bonchev–Trinajstić information content (AvgIpc) is 3.08. The molecule has 3 aromatic rings. The van der Waals surface area contributed by atoms with Crippen LogP contribution in [0.5, 0.6) is 0 Å². The van der Waals surface area contributed by atoms with Crippen LogP contribution >= 0.6 is 11.3 Å². The number of nitrogens with zero attached hydrogens (tertiary/aromatic N) is 3. The Bertz CT molecular complexity index is 941. The molecule has 0 spiro atoms. The zero-order valence-corrected chi connectivity index (χ0v) is 16.1. The number of hydrogen-bond donors (Lipinski definition) is 0. The van der Waals surface area contributed by atoms with E-state index in [1.54, 1.807) is 17.5 Å². The summed E-state index contributed by atoms with van der Waals surface area (Å²) >= 11 is 1.70. The van der Waals surface area contributed by atoms with E-state index >= 15 is 0 Å². The minimum absolute atomic E-state index is 1.01. The molecule has 0 unspecified atom stereocenters. The second-order valence-corrected chi connectivity index (χ2v) is 7.75. The number of fused-ring (bicyclic) bond motifs is 1. The molecule has 0 saturated carbocycles. The number of thiazole rings is 1. The number of rotatable bonds is 4. The summed E-state index contributed by atoms with van der Waals surface area (Å²) in [6.07, 6.45) is 11.9. The van der Waals surface area contributed by atoms with Gasteiger partial charge in [0.1, 0.15) is 5.01 Å². The molecule has 4 rings (SSSR count). The van der Waals surface area contributed by atoms with Crippen LogP contribution in [-0.2, 0) is 6.42 Å². The maximum Gasteiger partial charge on any atom is 0.125 e. The lowest BCUT2D eigenvalue weighted by Crippen LogP contribution is -2.05. The van der Waals surface area contributed by atoms with E-state index in [1.165, 1.54) is 29.7 Å². The Hall–Kier alpha value is -2.33. The molecule has 0 aromatic carbocycles. The van der Waals surface area contributed by atoms with E-state index in [0.717, 1.165) is 46.1 Å². The summed E-state index contributed by atoms with van der Waals surface area (Å²) in [4.78, 5) is 15.2. The van der Waals surface area contributed by atoms with Crippen LogP contribution in [0.4, 0.5) is 0 Å². The molecule has 1 aliphatic rings. The summed E-state index contributed by atoms with van der Waals surface area (Å²) in [5.74, 6) is 0. The molecule has 4 heteroatoms. The van der Waals surface area contributed by atoms with Crippen molar-refractivity contribution in [2.45, 2.75) is 46.0 Å². The molecule has 3 nitrogen and oxygen atoms in total. The summed E-state index contributed by atoms with van der Waals surface area (Å²) in [6.45, 7) is 4.30. The number of unbranched alkanes of at least 4 members (excludes halogenated alkanes) is 1. The van der Waals surface area contributed by atoms with Crippen molar-refractivity contribution in [1.29, 1.82) is 0 Å². The number of aryl methyl sites for hydroxylation is 2. The summed E-state index contributed by atoms with van der Waals surface area (Å²) in [5.41, 5.74) is 7.15. The monoisotopic (exact) mass is 361 g/mol. The summed E-state index contributed by atoms with van der Waals surface area (Å²) in [7, 11) is 0. The maximum absolute atomic E-state index is 5.07. The highest BCUT2D eigenvalue weighted by Gasteiger charge is 2.18. The summed E-state index contributed by atoms with van der Waals surface area (Å²) in [6, 6.07) is 8.43. The molecule has 0 aliphatic heterocycles. The normalized spacial score (nSPS) is 15.2. The highest BCUT2D eigenvalue weighted by Crippen LogP contribution is 2.37. The van der Waals surface area contributed by atoms with Gasteiger partial charge in [-0.2, -0.15) is 0 Å². The molecular formula is C22H23N3S. The zero-order valence-electron chi connectivity index (χ0n) is 15.3. The van der Waals surface area contributed by atoms with Gasteiger partial charge in [0.2, 0.25) is 0 Å². The van der Waals surface area contributed by atoms with Crippen LogP contribution in [-0.4, -0.2) is 15.0 Å². The van der Waals surface area contributed by atoms with E-state index in [-0.39, 0.29) is 0 Å². The van der Waals surface area contributed by atoms with Crippen LogP contribution in [0.25, 0.3) is 26.7 Å². The fraction of sp³-hybridized carbons (Fsp3) is 0.318. The molecular weight excluding hydrogens is 338 g/mol. The second-order valence-electron chi connectivity index (χ2n) is 6.75. The molecule has 0 N–H and O–H groups in total. The number of hydrogen-bond acceptors (Lipinski definition) is 4. The van der Waals surface area contributed by atoms with Gasteiger partial charge in [0.15, 0.2) is 0 Å². The number of allylic oxidation sites excluding steroid dienone is 2. The summed E-state index contributed by atoms with van der Waals surface area (Å²) < 4.78 is 0. The predicted molar refractivity (Wildman–Crippen MR) is 109 cm³/mol. The second kappa shape index (κ2) is 7.50. The van der Waals surface area contributed by atoms with Crippen molar-refractivity contribution in [3.63, 3.8) is 0 Å². The highest BCUT2D eigenvalue weighted by molar-refractivity contribution is 7.18. The molecule has 132 valence electrons. The van der Waals surface area contributed by atoms with Crippen LogP contribution in [0.15, 0.2) is 42.7 Å². The van der Waals surface area contributed by atoms with Crippen LogP contribution in [0.3, 0.4) is 0 Å². The minimum Gasteiger partial charge on any atom is -0.264 e. The van der Waals surface area contributed by atoms with Crippen LogP contribution in [0, 0.1) is 6.92 Å². The van der Waals surface area contributed by atoms with E-state index in [0.29, 0.717) is 0 Å². The van der Waals surface area contributed by atoms with Gasteiger partial charge in [-0.25, -0.2) is 9.97 Å². The van der Waals surface area contributed by atoms with E-state index < -0.39 is 0 Å². The smallest absolute Gasteiger partial charge is 0.125 e. The van der Waals surface area contributed by atoms with Crippen molar-refractivity contribution < 1.29 is 0 Å². The minimum atomic E-state index is 1.01. The molecule has 26 heavy (non-hydrogen) atoms. The van der Waals surface area contributed by atoms with Crippen molar-refractivity contribution in [3.8, 4) is 21.1 Å². The molecule has 1 aliphatic carbocycles. The van der Waals surface area contributed by atoms with Crippen molar-refractivity contribution in [2.75, 3.05) is 0 Å². The van der Waals surface area contributed by atoms with Crippen LogP contribution in [0.2, 0.25) is 0 Å². The average molecular weight is 362 g/mol. The third-order valence-electron chi connectivity index (χ3n) is 4.79. The Morgan fingerprint density at radius 2 is 2.08 bits per heavy atom. The molecule has 0 fully saturated rings. The van der Waals surface area contributed by atoms with Crippen molar-refractivity contribution >= 4 is 16.9 Å². The molecule has 0 bridgehead atoms. The molecule has 0 radical (unpaired) electrons. The quantitative estimate of drug-likeness (QED) is 0.564. The Kier molecular flexibility index (Phi) is 4.93. The van der Waals surface area contributed by atoms with Gasteiger partial charge in [-0.15, -0.1) is 11.3 Å². The SMILES string of the molecule is CCC/C=C1\CCCc2ccc(-c3sc(-c4cccnc4)nc3C)nc21. The van der Waals surface area contributed by atoms with E-state index in [4.69, 9.17) is 9.97 Å². The molecule has 0 saturated heterocycles. The first-order chi connectivity index (χ1) is 12.8. The lowest BCUT2D eigenvalue weighted by molar-refractivity contribution is 0.804.